The van der Waals surface area contributed by atoms with E-state index in [0.717, 1.165) is 10.8 Å². The number of carbonyl (C=O) groups excluding carboxylic acids is 1. The van der Waals surface area contributed by atoms with E-state index in [-0.39, 0.29) is 10.5 Å². The summed E-state index contributed by atoms with van der Waals surface area (Å²) in [5, 5.41) is 29.0. The fraction of sp³-hybridized carbons (Fsp3) is 0.538. The number of anilines is 1. The summed E-state index contributed by atoms with van der Waals surface area (Å²) in [4.78, 5) is 57.1. The third-order valence-electron chi connectivity index (χ3n) is 4.10. The van der Waals surface area contributed by atoms with Crippen molar-refractivity contribution in [3.63, 3.8) is 0 Å². The van der Waals surface area contributed by atoms with Crippen LogP contribution in [0.2, 0.25) is 0 Å². The lowest BCUT2D eigenvalue weighted by Crippen LogP contribution is -2.47. The second-order valence-electron chi connectivity index (χ2n) is 6.23. The molecule has 0 aliphatic carbocycles. The molecule has 0 bridgehead atoms. The van der Waals surface area contributed by atoms with Crippen LogP contribution in [0.4, 0.5) is 5.82 Å². The van der Waals surface area contributed by atoms with Crippen LogP contribution in [0.5, 0.6) is 0 Å². The Morgan fingerprint density at radius 3 is 2.48 bits per heavy atom. The van der Waals surface area contributed by atoms with Crippen molar-refractivity contribution in [3.05, 3.63) is 22.7 Å². The van der Waals surface area contributed by atoms with Gasteiger partial charge in [-0.15, -0.1) is 0 Å². The van der Waals surface area contributed by atoms with E-state index in [1.807, 2.05) is 0 Å². The third-order valence-corrected chi connectivity index (χ3v) is 5.09. The van der Waals surface area contributed by atoms with Crippen molar-refractivity contribution in [2.24, 2.45) is 5.73 Å². The Morgan fingerprint density at radius 1 is 1.34 bits per heavy atom. The standard InChI is InChI=1S/C13H20N5O10P/c14-5(3-8(19)20)11(23)18(29(25,26)27)4-6-9(21)10(22)12(28-6)17-2-1-7(15)16-13(17)24/h1-2,5-6,9-10,12,21-22H,3-4,14H2,(H,19,20)(H2,15,16,24)(H2,25,26,27)/t5-,6+,9?,10?,12+/m0/s1. The number of nitrogens with zero attached hydrogens (tertiary/aromatic N) is 3. The van der Waals surface area contributed by atoms with Gasteiger partial charge in [0, 0.05) is 6.20 Å². The normalized spacial score (nSPS) is 25.6. The topological polar surface area (TPSA) is 252 Å². The number of ether oxygens (including phenoxy) is 1. The molecule has 0 aromatic carbocycles. The van der Waals surface area contributed by atoms with Gasteiger partial charge in [0.1, 0.15) is 24.1 Å². The highest BCUT2D eigenvalue weighted by Gasteiger charge is 2.47. The predicted molar refractivity (Wildman–Crippen MR) is 92.8 cm³/mol. The minimum Gasteiger partial charge on any atom is -0.481 e. The molecule has 1 aliphatic rings. The van der Waals surface area contributed by atoms with Gasteiger partial charge in [-0.25, -0.2) is 14.0 Å². The maximum Gasteiger partial charge on any atom is 0.432 e. The average Bonchev–Trinajstić information content (AvgIpc) is 2.85. The van der Waals surface area contributed by atoms with Crippen molar-refractivity contribution in [3.8, 4) is 0 Å². The van der Waals surface area contributed by atoms with Crippen molar-refractivity contribution < 1.29 is 44.0 Å². The van der Waals surface area contributed by atoms with Crippen LogP contribution in [0.3, 0.4) is 0 Å². The van der Waals surface area contributed by atoms with Gasteiger partial charge in [-0.05, 0) is 6.07 Å². The molecule has 0 spiro atoms. The molecular formula is C13H20N5O10P. The lowest BCUT2D eigenvalue weighted by Gasteiger charge is -2.28. The van der Waals surface area contributed by atoms with Gasteiger partial charge in [0.2, 0.25) is 5.91 Å². The number of rotatable bonds is 7. The molecule has 0 saturated carbocycles. The van der Waals surface area contributed by atoms with Crippen molar-refractivity contribution in [2.75, 3.05) is 12.3 Å². The van der Waals surface area contributed by atoms with E-state index < -0.39 is 68.9 Å². The Morgan fingerprint density at radius 2 is 1.97 bits per heavy atom. The van der Waals surface area contributed by atoms with Crippen LogP contribution >= 0.6 is 7.75 Å². The maximum absolute atomic E-state index is 12.2. The largest absolute Gasteiger partial charge is 0.481 e. The summed E-state index contributed by atoms with van der Waals surface area (Å²) in [5.41, 5.74) is 9.81. The number of hydrogen-bond donors (Lipinski definition) is 7. The monoisotopic (exact) mass is 437 g/mol. The van der Waals surface area contributed by atoms with Gasteiger partial charge in [0.15, 0.2) is 6.23 Å². The zero-order valence-corrected chi connectivity index (χ0v) is 15.6. The van der Waals surface area contributed by atoms with Crippen LogP contribution in [0, 0.1) is 0 Å². The maximum atomic E-state index is 12.2. The summed E-state index contributed by atoms with van der Waals surface area (Å²) in [5.74, 6) is -2.98. The van der Waals surface area contributed by atoms with Gasteiger partial charge < -0.3 is 41.3 Å². The van der Waals surface area contributed by atoms with Gasteiger partial charge in [-0.1, -0.05) is 0 Å². The molecular weight excluding hydrogens is 417 g/mol. The number of carbonyl (C=O) groups is 2. The SMILES string of the molecule is Nc1ccn([C@@H]2O[C@H](CN(C(=O)[C@@H](N)CC(=O)O)P(=O)(O)O)C(O)C2O)c(=O)n1. The number of aliphatic carboxylic acids is 1. The number of carboxylic acids is 1. The van der Waals surface area contributed by atoms with Crippen LogP contribution in [0.15, 0.2) is 17.1 Å². The number of carboxylic acid groups (broad SMARTS) is 1. The zero-order valence-electron chi connectivity index (χ0n) is 14.7. The molecule has 1 aromatic rings. The van der Waals surface area contributed by atoms with Crippen LogP contribution < -0.4 is 17.2 Å². The lowest BCUT2D eigenvalue weighted by atomic mass is 10.1. The number of aliphatic hydroxyl groups excluding tert-OH is 2. The first-order valence-corrected chi connectivity index (χ1v) is 9.60. The first-order chi connectivity index (χ1) is 13.3. The van der Waals surface area contributed by atoms with Gasteiger partial charge in [0.05, 0.1) is 19.0 Å². The summed E-state index contributed by atoms with van der Waals surface area (Å²) >= 11 is 0. The molecule has 1 saturated heterocycles. The molecule has 1 aliphatic heterocycles. The van der Waals surface area contributed by atoms with Crippen molar-refractivity contribution in [1.82, 2.24) is 14.2 Å². The van der Waals surface area contributed by atoms with E-state index in [2.05, 4.69) is 4.98 Å². The second-order valence-corrected chi connectivity index (χ2v) is 7.74. The third kappa shape index (κ3) is 5.16. The zero-order chi connectivity index (χ0) is 22.1. The Balaban J connectivity index is 2.25. The first-order valence-electron chi connectivity index (χ1n) is 8.04. The summed E-state index contributed by atoms with van der Waals surface area (Å²) in [7, 11) is -5.30. The highest BCUT2D eigenvalue weighted by molar-refractivity contribution is 7.49. The van der Waals surface area contributed by atoms with E-state index in [1.165, 1.54) is 6.07 Å². The Hall–Kier alpha value is -2.39. The summed E-state index contributed by atoms with van der Waals surface area (Å²) < 4.78 is 17.8. The second kappa shape index (κ2) is 8.54. The van der Waals surface area contributed by atoms with Gasteiger partial charge in [-0.2, -0.15) is 4.98 Å². The van der Waals surface area contributed by atoms with Gasteiger partial charge >= 0.3 is 19.4 Å². The predicted octanol–water partition coefficient (Wildman–Crippen LogP) is -3.83. The lowest BCUT2D eigenvalue weighted by molar-refractivity contribution is -0.141. The molecule has 9 N–H and O–H groups in total. The average molecular weight is 437 g/mol. The molecule has 162 valence electrons. The fourth-order valence-corrected chi connectivity index (χ4v) is 3.47. The fourth-order valence-electron chi connectivity index (χ4n) is 2.69. The van der Waals surface area contributed by atoms with E-state index in [1.54, 1.807) is 0 Å². The minimum atomic E-state index is -5.30. The number of nitrogens with two attached hydrogens (primary N) is 2. The molecule has 1 amide bonds. The number of nitrogen functional groups attached to an aromatic ring is 1. The number of aliphatic hydroxyl groups is 2. The molecule has 5 atom stereocenters. The molecule has 15 nitrogen and oxygen atoms in total. The first kappa shape index (κ1) is 22.9. The summed E-state index contributed by atoms with van der Waals surface area (Å²) in [6.45, 7) is -0.942. The number of hydrogen-bond acceptors (Lipinski definition) is 10. The molecule has 0 radical (unpaired) electrons. The van der Waals surface area contributed by atoms with E-state index in [4.69, 9.17) is 21.3 Å². The highest BCUT2D eigenvalue weighted by Crippen LogP contribution is 2.42. The minimum absolute atomic E-state index is 0.0480. The van der Waals surface area contributed by atoms with Crippen LogP contribution in [-0.2, 0) is 18.9 Å². The number of amides is 1. The Labute approximate surface area is 162 Å². The van der Waals surface area contributed by atoms with Crippen molar-refractivity contribution in [1.29, 1.82) is 0 Å². The number of aromatic nitrogens is 2. The van der Waals surface area contributed by atoms with Gasteiger partial charge in [-0.3, -0.25) is 14.2 Å². The molecule has 2 unspecified atom stereocenters. The van der Waals surface area contributed by atoms with Crippen LogP contribution in [-0.4, -0.2) is 82.1 Å². The molecule has 1 aromatic heterocycles. The van der Waals surface area contributed by atoms with E-state index in [9.17, 15) is 38.9 Å². The van der Waals surface area contributed by atoms with Crippen LogP contribution in [0.25, 0.3) is 0 Å². The molecule has 16 heteroatoms. The molecule has 2 rings (SSSR count). The summed E-state index contributed by atoms with van der Waals surface area (Å²) in [6, 6.07) is -0.559. The van der Waals surface area contributed by atoms with E-state index in [0.29, 0.717) is 0 Å². The van der Waals surface area contributed by atoms with E-state index >= 15 is 0 Å². The highest BCUT2D eigenvalue weighted by atomic mass is 31.2. The van der Waals surface area contributed by atoms with Crippen molar-refractivity contribution in [2.45, 2.75) is 37.0 Å². The van der Waals surface area contributed by atoms with Crippen molar-refractivity contribution >= 4 is 25.4 Å². The van der Waals surface area contributed by atoms with Gasteiger partial charge in [0.25, 0.3) is 0 Å². The summed E-state index contributed by atoms with van der Waals surface area (Å²) in [6.07, 6.45) is -6.29. The molecule has 29 heavy (non-hydrogen) atoms. The Bertz CT molecular complexity index is 887. The molecule has 2 heterocycles. The van der Waals surface area contributed by atoms with Crippen LogP contribution in [0.1, 0.15) is 12.6 Å². The smallest absolute Gasteiger partial charge is 0.432 e. The Kier molecular flexibility index (Phi) is 6.74. The quantitative estimate of drug-likeness (QED) is 0.202. The molecule has 1 fully saturated rings.